The molecule has 0 fully saturated rings. The highest BCUT2D eigenvalue weighted by Crippen LogP contribution is 2.16. The van der Waals surface area contributed by atoms with Gasteiger partial charge in [-0.25, -0.2) is 4.79 Å². The Morgan fingerprint density at radius 3 is 2.27 bits per heavy atom. The Kier molecular flexibility index (Phi) is 11.1. The molecule has 7 heteroatoms. The van der Waals surface area contributed by atoms with Crippen LogP contribution in [-0.4, -0.2) is 44.3 Å². The van der Waals surface area contributed by atoms with Crippen molar-refractivity contribution in [3.63, 3.8) is 0 Å². The van der Waals surface area contributed by atoms with E-state index in [1.165, 1.54) is 0 Å². The molecule has 30 heavy (non-hydrogen) atoms. The predicted octanol–water partition coefficient (Wildman–Crippen LogP) is 4.56. The molecule has 6 nitrogen and oxygen atoms in total. The summed E-state index contributed by atoms with van der Waals surface area (Å²) in [7, 11) is 0. The summed E-state index contributed by atoms with van der Waals surface area (Å²) in [5.41, 5.74) is 1.26. The zero-order chi connectivity index (χ0) is 21.6. The van der Waals surface area contributed by atoms with E-state index >= 15 is 0 Å². The van der Waals surface area contributed by atoms with Gasteiger partial charge in [0.25, 0.3) is 0 Å². The zero-order valence-electron chi connectivity index (χ0n) is 16.6. The van der Waals surface area contributed by atoms with Crippen LogP contribution in [0, 0.1) is 0 Å². The van der Waals surface area contributed by atoms with E-state index in [0.29, 0.717) is 43.3 Å². The van der Waals surface area contributed by atoms with Crippen LogP contribution in [-0.2, 0) is 17.3 Å². The minimum absolute atomic E-state index is 0.0247. The fraction of sp³-hybridized carbons (Fsp3) is 0.304. The SMILES string of the molecule is C=CC(=O)OCCCCOCC(COc1ccc(C(=O)c2ccccc2)cc1)OI. The average molecular weight is 524 g/mol. The number of hydrogen-bond donors (Lipinski definition) is 0. The van der Waals surface area contributed by atoms with Gasteiger partial charge in [-0.1, -0.05) is 36.9 Å². The number of carbonyl (C=O) groups excluding carboxylic acids is 2. The predicted molar refractivity (Wildman–Crippen MR) is 122 cm³/mol. The molecular weight excluding hydrogens is 499 g/mol. The van der Waals surface area contributed by atoms with Gasteiger partial charge in [0.15, 0.2) is 5.78 Å². The van der Waals surface area contributed by atoms with Crippen LogP contribution in [0.4, 0.5) is 0 Å². The number of ketones is 1. The van der Waals surface area contributed by atoms with Gasteiger partial charge in [0.05, 0.1) is 13.2 Å². The highest BCUT2D eigenvalue weighted by atomic mass is 127. The maximum atomic E-state index is 12.4. The van der Waals surface area contributed by atoms with Crippen LogP contribution in [0.15, 0.2) is 67.3 Å². The first-order chi connectivity index (χ1) is 14.6. The number of rotatable bonds is 14. The first-order valence-corrected chi connectivity index (χ1v) is 10.5. The molecule has 0 radical (unpaired) electrons. The standard InChI is InChI=1S/C23H25IO6/c1-2-22(25)28-15-7-6-14-27-16-21(30-24)17-29-20-12-10-19(11-13-20)23(26)18-8-4-3-5-9-18/h2-5,8-13,21H,1,6-7,14-17H2. The normalized spacial score (nSPS) is 11.5. The molecule has 0 saturated heterocycles. The summed E-state index contributed by atoms with van der Waals surface area (Å²) in [6.07, 6.45) is 2.42. The smallest absolute Gasteiger partial charge is 0.330 e. The topological polar surface area (TPSA) is 71.1 Å². The lowest BCUT2D eigenvalue weighted by atomic mass is 10.0. The Hall–Kier alpha value is -2.23. The zero-order valence-corrected chi connectivity index (χ0v) is 18.8. The van der Waals surface area contributed by atoms with Crippen molar-refractivity contribution in [2.45, 2.75) is 18.9 Å². The fourth-order valence-electron chi connectivity index (χ4n) is 2.50. The van der Waals surface area contributed by atoms with Crippen molar-refractivity contribution in [2.24, 2.45) is 0 Å². The van der Waals surface area contributed by atoms with Crippen molar-refractivity contribution >= 4 is 34.8 Å². The van der Waals surface area contributed by atoms with Crippen LogP contribution in [0.2, 0.25) is 0 Å². The molecule has 0 aromatic heterocycles. The molecule has 0 N–H and O–H groups in total. The molecule has 0 aliphatic rings. The summed E-state index contributed by atoms with van der Waals surface area (Å²) < 4.78 is 21.6. The van der Waals surface area contributed by atoms with E-state index < -0.39 is 5.97 Å². The number of carbonyl (C=O) groups is 2. The number of ether oxygens (including phenoxy) is 3. The number of benzene rings is 2. The van der Waals surface area contributed by atoms with Gasteiger partial charge in [-0.3, -0.25) is 4.79 Å². The van der Waals surface area contributed by atoms with E-state index in [9.17, 15) is 9.59 Å². The van der Waals surface area contributed by atoms with Crippen molar-refractivity contribution in [1.82, 2.24) is 0 Å². The third-order valence-electron chi connectivity index (χ3n) is 4.11. The maximum Gasteiger partial charge on any atom is 0.330 e. The van der Waals surface area contributed by atoms with Crippen LogP contribution in [0.25, 0.3) is 0 Å². The Balaban J connectivity index is 1.67. The molecule has 1 atom stereocenters. The Labute approximate surface area is 190 Å². The number of halogens is 1. The van der Waals surface area contributed by atoms with Gasteiger partial charge in [-0.15, -0.1) is 0 Å². The summed E-state index contributed by atoms with van der Waals surface area (Å²) >= 11 is 1.83. The molecule has 0 amide bonds. The van der Waals surface area contributed by atoms with Crippen LogP contribution in [0.1, 0.15) is 28.8 Å². The molecule has 0 aliphatic carbocycles. The summed E-state index contributed by atoms with van der Waals surface area (Å²) in [4.78, 5) is 23.3. The van der Waals surface area contributed by atoms with Crippen molar-refractivity contribution in [3.05, 3.63) is 78.4 Å². The van der Waals surface area contributed by atoms with E-state index in [1.807, 2.05) is 41.2 Å². The lowest BCUT2D eigenvalue weighted by molar-refractivity contribution is -0.137. The van der Waals surface area contributed by atoms with Gasteiger partial charge in [0.1, 0.15) is 41.5 Å². The van der Waals surface area contributed by atoms with Crippen molar-refractivity contribution < 1.29 is 26.9 Å². The quantitative estimate of drug-likeness (QED) is 0.119. The second-order valence-electron chi connectivity index (χ2n) is 6.40. The van der Waals surface area contributed by atoms with Crippen LogP contribution in [0.3, 0.4) is 0 Å². The second kappa shape index (κ2) is 13.9. The number of unbranched alkanes of at least 4 members (excludes halogenated alkanes) is 1. The Bertz CT molecular complexity index is 791. The van der Waals surface area contributed by atoms with Crippen molar-refractivity contribution in [2.75, 3.05) is 26.4 Å². The minimum Gasteiger partial charge on any atom is -0.491 e. The van der Waals surface area contributed by atoms with E-state index in [2.05, 4.69) is 6.58 Å². The summed E-state index contributed by atoms with van der Waals surface area (Å²) in [6, 6.07) is 16.2. The van der Waals surface area contributed by atoms with Gasteiger partial charge < -0.3 is 17.3 Å². The van der Waals surface area contributed by atoms with Crippen molar-refractivity contribution in [3.8, 4) is 5.75 Å². The van der Waals surface area contributed by atoms with E-state index in [1.54, 1.807) is 36.4 Å². The minimum atomic E-state index is -0.413. The number of hydrogen-bond acceptors (Lipinski definition) is 6. The van der Waals surface area contributed by atoms with Crippen molar-refractivity contribution in [1.29, 1.82) is 0 Å². The molecule has 0 saturated carbocycles. The number of esters is 1. The van der Waals surface area contributed by atoms with Gasteiger partial charge in [-0.05, 0) is 37.1 Å². The van der Waals surface area contributed by atoms with Gasteiger partial charge in [-0.2, -0.15) is 0 Å². The fourth-order valence-corrected chi connectivity index (χ4v) is 2.79. The lowest BCUT2D eigenvalue weighted by Gasteiger charge is -2.15. The third kappa shape index (κ3) is 8.64. The first kappa shape index (κ1) is 24.0. The highest BCUT2D eigenvalue weighted by Gasteiger charge is 2.12. The Morgan fingerprint density at radius 1 is 0.933 bits per heavy atom. The van der Waals surface area contributed by atoms with Gasteiger partial charge in [0, 0.05) is 23.8 Å². The average Bonchev–Trinajstić information content (AvgIpc) is 2.80. The largest absolute Gasteiger partial charge is 0.491 e. The van der Waals surface area contributed by atoms with E-state index in [0.717, 1.165) is 18.9 Å². The summed E-state index contributed by atoms with van der Waals surface area (Å²) in [6.45, 7) is 4.95. The van der Waals surface area contributed by atoms with E-state index in [-0.39, 0.29) is 11.9 Å². The summed E-state index contributed by atoms with van der Waals surface area (Å²) in [5, 5.41) is 0. The van der Waals surface area contributed by atoms with Gasteiger partial charge in [0.2, 0.25) is 0 Å². The molecule has 0 aliphatic heterocycles. The van der Waals surface area contributed by atoms with Crippen LogP contribution in [0.5, 0.6) is 5.75 Å². The van der Waals surface area contributed by atoms with E-state index in [4.69, 9.17) is 17.3 Å². The van der Waals surface area contributed by atoms with Crippen LogP contribution >= 0.6 is 23.0 Å². The monoisotopic (exact) mass is 524 g/mol. The molecular formula is C23H25IO6. The highest BCUT2D eigenvalue weighted by molar-refractivity contribution is 14.1. The summed E-state index contributed by atoms with van der Waals surface area (Å²) in [5.74, 6) is 0.217. The lowest BCUT2D eigenvalue weighted by Crippen LogP contribution is -2.24. The maximum absolute atomic E-state index is 12.4. The molecule has 160 valence electrons. The third-order valence-corrected chi connectivity index (χ3v) is 4.83. The molecule has 0 heterocycles. The van der Waals surface area contributed by atoms with Crippen LogP contribution < -0.4 is 4.74 Å². The Morgan fingerprint density at radius 2 is 1.60 bits per heavy atom. The first-order valence-electron chi connectivity index (χ1n) is 9.61. The molecule has 0 spiro atoms. The molecule has 2 aromatic carbocycles. The molecule has 1 unspecified atom stereocenters. The molecule has 2 rings (SSSR count). The molecule has 2 aromatic rings. The van der Waals surface area contributed by atoms with Gasteiger partial charge >= 0.3 is 5.97 Å². The second-order valence-corrected chi connectivity index (χ2v) is 6.90. The molecule has 0 bridgehead atoms.